The first-order valence-corrected chi connectivity index (χ1v) is 14.1. The molecule has 0 spiro atoms. The summed E-state index contributed by atoms with van der Waals surface area (Å²) in [4.78, 5) is 13.0. The van der Waals surface area contributed by atoms with Gasteiger partial charge in [-0.2, -0.15) is 0 Å². The number of thiazole rings is 1. The van der Waals surface area contributed by atoms with Crippen molar-refractivity contribution in [2.24, 2.45) is 0 Å². The highest BCUT2D eigenvalue weighted by Crippen LogP contribution is 2.44. The number of nitrogens with one attached hydrogen (secondary N) is 1. The lowest BCUT2D eigenvalue weighted by atomic mass is 10.0. The molecule has 7 nitrogen and oxygen atoms in total. The molecule has 0 radical (unpaired) electrons. The van der Waals surface area contributed by atoms with Gasteiger partial charge in [-0.05, 0) is 54.8 Å². The summed E-state index contributed by atoms with van der Waals surface area (Å²) in [6.45, 7) is 1.26. The molecule has 5 rings (SSSR count). The van der Waals surface area contributed by atoms with Crippen LogP contribution in [0.2, 0.25) is 10.3 Å². The van der Waals surface area contributed by atoms with Crippen LogP contribution in [0.3, 0.4) is 0 Å². The van der Waals surface area contributed by atoms with Crippen LogP contribution in [0, 0.1) is 11.6 Å². The molecule has 2 aromatic heterocycles. The van der Waals surface area contributed by atoms with E-state index in [1.165, 1.54) is 23.6 Å². The first-order valence-electron chi connectivity index (χ1n) is 11.1. The molecule has 13 heteroatoms. The van der Waals surface area contributed by atoms with Crippen molar-refractivity contribution in [3.05, 3.63) is 75.6 Å². The number of hydrogen-bond acceptors (Lipinski definition) is 7. The van der Waals surface area contributed by atoms with Crippen molar-refractivity contribution < 1.29 is 21.9 Å². The Balaban J connectivity index is 1.59. The minimum atomic E-state index is -4.49. The Morgan fingerprint density at radius 3 is 2.59 bits per heavy atom. The normalized spacial score (nSPS) is 14.6. The Bertz CT molecular complexity index is 1580. The number of anilines is 1. The van der Waals surface area contributed by atoms with E-state index in [0.29, 0.717) is 41.1 Å². The van der Waals surface area contributed by atoms with Crippen molar-refractivity contribution >= 4 is 50.2 Å². The first kappa shape index (κ1) is 25.9. The molecule has 1 N–H and O–H groups in total. The van der Waals surface area contributed by atoms with Crippen molar-refractivity contribution in [2.45, 2.75) is 23.7 Å². The van der Waals surface area contributed by atoms with Gasteiger partial charge in [0.2, 0.25) is 5.28 Å². The number of aromatic nitrogens is 3. The molecule has 0 bridgehead atoms. The van der Waals surface area contributed by atoms with Gasteiger partial charge in [-0.3, -0.25) is 4.72 Å². The molecule has 4 aromatic rings. The molecule has 0 atom stereocenters. The van der Waals surface area contributed by atoms with E-state index in [1.54, 1.807) is 18.2 Å². The van der Waals surface area contributed by atoms with Crippen molar-refractivity contribution in [1.29, 1.82) is 0 Å². The SMILES string of the molecule is O=S(=O)(Nc1cccc(-c2nc(C3CCOCC3)sc2-c2ccnc(Cl)n2)c1Cl)c1cc(F)ccc1F. The summed E-state index contributed by atoms with van der Waals surface area (Å²) in [6, 6.07) is 8.59. The van der Waals surface area contributed by atoms with Gasteiger partial charge in [-0.15, -0.1) is 11.3 Å². The number of hydrogen-bond donors (Lipinski definition) is 1. The summed E-state index contributed by atoms with van der Waals surface area (Å²) in [5.74, 6) is -1.80. The molecule has 1 aliphatic heterocycles. The maximum Gasteiger partial charge on any atom is 0.264 e. The molecule has 1 aliphatic rings. The zero-order chi connectivity index (χ0) is 26.2. The molecule has 1 fully saturated rings. The second kappa shape index (κ2) is 10.6. The molecule has 0 aliphatic carbocycles. The van der Waals surface area contributed by atoms with Crippen LogP contribution in [0.25, 0.3) is 21.8 Å². The zero-order valence-corrected chi connectivity index (χ0v) is 22.1. The summed E-state index contributed by atoms with van der Waals surface area (Å²) in [5, 5.41) is 0.967. The molecular formula is C24H18Cl2F2N4O3S2. The number of rotatable bonds is 6. The lowest BCUT2D eigenvalue weighted by Gasteiger charge is -2.19. The molecule has 0 saturated carbocycles. The topological polar surface area (TPSA) is 94.1 Å². The van der Waals surface area contributed by atoms with Gasteiger partial charge >= 0.3 is 0 Å². The van der Waals surface area contributed by atoms with Gasteiger partial charge in [0.1, 0.15) is 16.5 Å². The van der Waals surface area contributed by atoms with Crippen LogP contribution >= 0.6 is 34.5 Å². The number of halogens is 4. The summed E-state index contributed by atoms with van der Waals surface area (Å²) in [5.41, 5.74) is 1.44. The van der Waals surface area contributed by atoms with Crippen LogP contribution in [-0.2, 0) is 14.8 Å². The smallest absolute Gasteiger partial charge is 0.264 e. The Kier molecular flexibility index (Phi) is 7.42. The van der Waals surface area contributed by atoms with Crippen LogP contribution in [0.4, 0.5) is 14.5 Å². The standard InChI is InChI=1S/C24H18Cl2F2N4O3S2/c25-20-15(2-1-3-17(20)32-37(33,34)19-12-14(27)4-5-16(19)28)21-22(18-6-9-29-24(26)30-18)36-23(31-21)13-7-10-35-11-8-13/h1-6,9,12-13,32H,7-8,10-11H2. The predicted octanol–water partition coefficient (Wildman–Crippen LogP) is 6.55. The van der Waals surface area contributed by atoms with E-state index in [1.807, 2.05) is 0 Å². The van der Waals surface area contributed by atoms with Crippen molar-refractivity contribution in [1.82, 2.24) is 15.0 Å². The summed E-state index contributed by atoms with van der Waals surface area (Å²) < 4.78 is 61.4. The number of sulfonamides is 1. The average molecular weight is 583 g/mol. The van der Waals surface area contributed by atoms with Crippen LogP contribution in [-0.4, -0.2) is 36.6 Å². The molecule has 192 valence electrons. The van der Waals surface area contributed by atoms with E-state index >= 15 is 0 Å². The van der Waals surface area contributed by atoms with E-state index in [4.69, 9.17) is 32.9 Å². The average Bonchev–Trinajstić information content (AvgIpc) is 3.32. The Morgan fingerprint density at radius 1 is 1.05 bits per heavy atom. The van der Waals surface area contributed by atoms with Crippen LogP contribution < -0.4 is 4.72 Å². The third kappa shape index (κ3) is 5.46. The van der Waals surface area contributed by atoms with Gasteiger partial charge in [0.15, 0.2) is 0 Å². The van der Waals surface area contributed by atoms with Gasteiger partial charge in [0.25, 0.3) is 10.0 Å². The zero-order valence-electron chi connectivity index (χ0n) is 18.9. The molecule has 1 saturated heterocycles. The number of ether oxygens (including phenoxy) is 1. The fourth-order valence-electron chi connectivity index (χ4n) is 3.95. The Hall–Kier alpha value is -2.70. The second-order valence-corrected chi connectivity index (χ2v) is 11.6. The maximum atomic E-state index is 14.2. The van der Waals surface area contributed by atoms with E-state index in [2.05, 4.69) is 14.7 Å². The van der Waals surface area contributed by atoms with Crippen LogP contribution in [0.5, 0.6) is 0 Å². The largest absolute Gasteiger partial charge is 0.381 e. The monoisotopic (exact) mass is 582 g/mol. The van der Waals surface area contributed by atoms with E-state index in [-0.39, 0.29) is 21.9 Å². The summed E-state index contributed by atoms with van der Waals surface area (Å²) >= 11 is 14.2. The third-order valence-corrected chi connectivity index (χ3v) is 8.96. The van der Waals surface area contributed by atoms with Gasteiger partial charge in [0, 0.05) is 30.9 Å². The lowest BCUT2D eigenvalue weighted by molar-refractivity contribution is 0.0853. The quantitative estimate of drug-likeness (QED) is 0.259. The van der Waals surface area contributed by atoms with Gasteiger partial charge in [0.05, 0.1) is 32.0 Å². The second-order valence-electron chi connectivity index (χ2n) is 8.17. The predicted molar refractivity (Wildman–Crippen MR) is 139 cm³/mol. The summed E-state index contributed by atoms with van der Waals surface area (Å²) in [6.07, 6.45) is 3.15. The van der Waals surface area contributed by atoms with E-state index in [0.717, 1.165) is 30.0 Å². The maximum absolute atomic E-state index is 14.2. The molecular weight excluding hydrogens is 565 g/mol. The third-order valence-electron chi connectivity index (χ3n) is 5.75. The van der Waals surface area contributed by atoms with Crippen molar-refractivity contribution in [3.63, 3.8) is 0 Å². The molecule has 37 heavy (non-hydrogen) atoms. The Morgan fingerprint density at radius 2 is 1.84 bits per heavy atom. The van der Waals surface area contributed by atoms with Gasteiger partial charge in [-0.1, -0.05) is 23.7 Å². The first-order chi connectivity index (χ1) is 17.7. The highest BCUT2D eigenvalue weighted by molar-refractivity contribution is 7.92. The van der Waals surface area contributed by atoms with Gasteiger partial charge in [-0.25, -0.2) is 32.2 Å². The summed E-state index contributed by atoms with van der Waals surface area (Å²) in [7, 11) is -4.49. The van der Waals surface area contributed by atoms with Crippen molar-refractivity contribution in [3.8, 4) is 21.8 Å². The fraction of sp³-hybridized carbons (Fsp3) is 0.208. The van der Waals surface area contributed by atoms with E-state index in [9.17, 15) is 17.2 Å². The van der Waals surface area contributed by atoms with E-state index < -0.39 is 26.6 Å². The molecule has 0 unspecified atom stereocenters. The minimum Gasteiger partial charge on any atom is -0.381 e. The Labute approximate surface area is 225 Å². The van der Waals surface area contributed by atoms with Gasteiger partial charge < -0.3 is 4.74 Å². The number of benzene rings is 2. The molecule has 2 aromatic carbocycles. The van der Waals surface area contributed by atoms with Crippen LogP contribution in [0.15, 0.2) is 53.6 Å². The lowest BCUT2D eigenvalue weighted by Crippen LogP contribution is -2.15. The van der Waals surface area contributed by atoms with Crippen LogP contribution in [0.1, 0.15) is 23.8 Å². The minimum absolute atomic E-state index is 0.0184. The van der Waals surface area contributed by atoms with Crippen molar-refractivity contribution in [2.75, 3.05) is 17.9 Å². The fourth-order valence-corrected chi connectivity index (χ4v) is 6.80. The molecule has 0 amide bonds. The number of nitrogens with zero attached hydrogens (tertiary/aromatic N) is 3. The highest BCUT2D eigenvalue weighted by Gasteiger charge is 2.27. The molecule has 3 heterocycles. The highest BCUT2D eigenvalue weighted by atomic mass is 35.5.